The van der Waals surface area contributed by atoms with Gasteiger partial charge < -0.3 is 18.8 Å². The summed E-state index contributed by atoms with van der Waals surface area (Å²) in [6.07, 6.45) is 6.45. The van der Waals surface area contributed by atoms with Crippen LogP contribution >= 0.6 is 0 Å². The number of benzene rings is 1. The maximum atomic E-state index is 12.9. The molecule has 0 aliphatic carbocycles. The van der Waals surface area contributed by atoms with Gasteiger partial charge in [-0.05, 0) is 49.2 Å². The van der Waals surface area contributed by atoms with E-state index in [0.29, 0.717) is 12.2 Å². The van der Waals surface area contributed by atoms with E-state index in [9.17, 15) is 4.79 Å². The second kappa shape index (κ2) is 9.08. The molecular weight excluding hydrogens is 392 g/mol. The number of fused-ring (bicyclic) bond motifs is 1. The van der Waals surface area contributed by atoms with Crippen molar-refractivity contribution < 1.29 is 14.3 Å². The predicted molar refractivity (Wildman–Crippen MR) is 117 cm³/mol. The highest BCUT2D eigenvalue weighted by atomic mass is 16.5. The molecule has 2 aliphatic heterocycles. The maximum absolute atomic E-state index is 12.9. The number of rotatable bonds is 6. The zero-order chi connectivity index (χ0) is 21.0. The molecule has 3 aromatic rings. The number of carbonyl (C=O) groups is 1. The first-order valence-electron chi connectivity index (χ1n) is 11.0. The Bertz CT molecular complexity index is 986. The minimum Gasteiger partial charge on any atom is -0.491 e. The Morgan fingerprint density at radius 1 is 1.10 bits per heavy atom. The van der Waals surface area contributed by atoms with Crippen molar-refractivity contribution in [3.63, 3.8) is 0 Å². The van der Waals surface area contributed by atoms with Gasteiger partial charge in [0, 0.05) is 57.3 Å². The van der Waals surface area contributed by atoms with Gasteiger partial charge in [0.1, 0.15) is 18.0 Å². The van der Waals surface area contributed by atoms with Gasteiger partial charge in [-0.3, -0.25) is 9.69 Å². The maximum Gasteiger partial charge on any atom is 0.253 e. The number of aromatic nitrogens is 2. The third-order valence-corrected chi connectivity index (χ3v) is 6.02. The van der Waals surface area contributed by atoms with Gasteiger partial charge in [-0.2, -0.15) is 0 Å². The quantitative estimate of drug-likeness (QED) is 0.614. The molecule has 2 saturated heterocycles. The van der Waals surface area contributed by atoms with E-state index in [1.807, 2.05) is 58.0 Å². The van der Waals surface area contributed by atoms with Crippen molar-refractivity contribution in [2.45, 2.75) is 25.5 Å². The van der Waals surface area contributed by atoms with Crippen molar-refractivity contribution in [2.24, 2.45) is 0 Å². The SMILES string of the molecule is O=C(c1ccc(OC[C@H]2CCCO2)cc1)N1CCN(Cc2cn3ccccc3n2)CC1. The number of nitrogens with zero attached hydrogens (tertiary/aromatic N) is 4. The van der Waals surface area contributed by atoms with Crippen LogP contribution in [-0.2, 0) is 11.3 Å². The first-order chi connectivity index (χ1) is 15.2. The molecule has 31 heavy (non-hydrogen) atoms. The van der Waals surface area contributed by atoms with Crippen LogP contribution in [-0.4, -0.2) is 70.6 Å². The van der Waals surface area contributed by atoms with E-state index in [0.717, 1.165) is 69.3 Å². The van der Waals surface area contributed by atoms with Crippen molar-refractivity contribution in [1.29, 1.82) is 0 Å². The van der Waals surface area contributed by atoms with Crippen LogP contribution in [0.3, 0.4) is 0 Å². The molecule has 0 unspecified atom stereocenters. The Balaban J connectivity index is 1.11. The zero-order valence-corrected chi connectivity index (χ0v) is 17.7. The number of ether oxygens (including phenoxy) is 2. The van der Waals surface area contributed by atoms with Crippen LogP contribution < -0.4 is 4.74 Å². The van der Waals surface area contributed by atoms with Crippen molar-refractivity contribution in [2.75, 3.05) is 39.4 Å². The number of imidazole rings is 1. The molecule has 162 valence electrons. The first kappa shape index (κ1) is 20.0. The highest BCUT2D eigenvalue weighted by molar-refractivity contribution is 5.94. The molecule has 1 atom stereocenters. The van der Waals surface area contributed by atoms with E-state index >= 15 is 0 Å². The fourth-order valence-corrected chi connectivity index (χ4v) is 4.24. The Morgan fingerprint density at radius 3 is 2.68 bits per heavy atom. The summed E-state index contributed by atoms with van der Waals surface area (Å²) in [4.78, 5) is 21.9. The van der Waals surface area contributed by atoms with Crippen LogP contribution in [0.2, 0.25) is 0 Å². The Hall–Kier alpha value is -2.90. The number of piperazine rings is 1. The van der Waals surface area contributed by atoms with Gasteiger partial charge in [-0.15, -0.1) is 0 Å². The highest BCUT2D eigenvalue weighted by Crippen LogP contribution is 2.18. The molecule has 0 saturated carbocycles. The fraction of sp³-hybridized carbons (Fsp3) is 0.417. The smallest absolute Gasteiger partial charge is 0.253 e. The molecule has 2 fully saturated rings. The molecule has 0 bridgehead atoms. The standard InChI is InChI=1S/C24H28N4O3/c29-24(19-6-8-21(9-7-19)31-18-22-4-3-15-30-22)27-13-11-26(12-14-27)16-20-17-28-10-2-1-5-23(28)25-20/h1-2,5-10,17,22H,3-4,11-16,18H2/t22-/m1/s1. The summed E-state index contributed by atoms with van der Waals surface area (Å²) in [5.74, 6) is 0.863. The van der Waals surface area contributed by atoms with E-state index in [1.54, 1.807) is 0 Å². The molecule has 0 radical (unpaired) electrons. The summed E-state index contributed by atoms with van der Waals surface area (Å²) in [7, 11) is 0. The van der Waals surface area contributed by atoms with E-state index in [4.69, 9.17) is 9.47 Å². The number of pyridine rings is 1. The molecule has 0 N–H and O–H groups in total. The average molecular weight is 421 g/mol. The van der Waals surface area contributed by atoms with Crippen LogP contribution in [0.25, 0.3) is 5.65 Å². The first-order valence-corrected chi connectivity index (χ1v) is 11.0. The molecule has 4 heterocycles. The van der Waals surface area contributed by atoms with Gasteiger partial charge in [0.05, 0.1) is 11.8 Å². The fourth-order valence-electron chi connectivity index (χ4n) is 4.24. The summed E-state index contributed by atoms with van der Waals surface area (Å²) in [6.45, 7) is 5.35. The average Bonchev–Trinajstić information content (AvgIpc) is 3.47. The lowest BCUT2D eigenvalue weighted by molar-refractivity contribution is 0.0626. The molecule has 2 aliphatic rings. The molecule has 2 aromatic heterocycles. The topological polar surface area (TPSA) is 59.3 Å². The predicted octanol–water partition coefficient (Wildman–Crippen LogP) is 2.85. The van der Waals surface area contributed by atoms with Crippen LogP contribution in [0.15, 0.2) is 54.9 Å². The van der Waals surface area contributed by atoms with Crippen LogP contribution in [0.4, 0.5) is 0 Å². The lowest BCUT2D eigenvalue weighted by Gasteiger charge is -2.34. The van der Waals surface area contributed by atoms with Crippen molar-refractivity contribution in [1.82, 2.24) is 19.2 Å². The summed E-state index contributed by atoms with van der Waals surface area (Å²) in [5, 5.41) is 0. The summed E-state index contributed by atoms with van der Waals surface area (Å²) < 4.78 is 13.4. The molecule has 7 heteroatoms. The van der Waals surface area contributed by atoms with Gasteiger partial charge in [0.25, 0.3) is 5.91 Å². The Labute approximate surface area is 182 Å². The molecule has 7 nitrogen and oxygen atoms in total. The zero-order valence-electron chi connectivity index (χ0n) is 17.7. The van der Waals surface area contributed by atoms with Crippen LogP contribution in [0.5, 0.6) is 5.75 Å². The van der Waals surface area contributed by atoms with Gasteiger partial charge >= 0.3 is 0 Å². The molecular formula is C24H28N4O3. The second-order valence-corrected chi connectivity index (χ2v) is 8.24. The van der Waals surface area contributed by atoms with E-state index in [-0.39, 0.29) is 12.0 Å². The molecule has 0 spiro atoms. The van der Waals surface area contributed by atoms with E-state index in [1.165, 1.54) is 0 Å². The minimum atomic E-state index is 0.0815. The van der Waals surface area contributed by atoms with Crippen molar-refractivity contribution >= 4 is 11.6 Å². The number of hydrogen-bond donors (Lipinski definition) is 0. The number of carbonyl (C=O) groups excluding carboxylic acids is 1. The monoisotopic (exact) mass is 420 g/mol. The van der Waals surface area contributed by atoms with Crippen LogP contribution in [0, 0.1) is 0 Å². The second-order valence-electron chi connectivity index (χ2n) is 8.24. The number of hydrogen-bond acceptors (Lipinski definition) is 5. The van der Waals surface area contributed by atoms with Gasteiger partial charge in [-0.1, -0.05) is 6.07 Å². The van der Waals surface area contributed by atoms with E-state index in [2.05, 4.69) is 16.1 Å². The van der Waals surface area contributed by atoms with Crippen molar-refractivity contribution in [3.05, 3.63) is 66.1 Å². The highest BCUT2D eigenvalue weighted by Gasteiger charge is 2.23. The molecule has 1 aromatic carbocycles. The largest absolute Gasteiger partial charge is 0.491 e. The minimum absolute atomic E-state index is 0.0815. The summed E-state index contributed by atoms with van der Waals surface area (Å²) in [5.41, 5.74) is 2.73. The summed E-state index contributed by atoms with van der Waals surface area (Å²) >= 11 is 0. The third kappa shape index (κ3) is 4.73. The lowest BCUT2D eigenvalue weighted by atomic mass is 10.1. The Kier molecular flexibility index (Phi) is 5.86. The third-order valence-electron chi connectivity index (χ3n) is 6.02. The van der Waals surface area contributed by atoms with E-state index < -0.39 is 0 Å². The van der Waals surface area contributed by atoms with Gasteiger partial charge in [0.15, 0.2) is 0 Å². The van der Waals surface area contributed by atoms with Gasteiger partial charge in [0.2, 0.25) is 0 Å². The molecule has 5 rings (SSSR count). The lowest BCUT2D eigenvalue weighted by Crippen LogP contribution is -2.48. The van der Waals surface area contributed by atoms with Crippen molar-refractivity contribution in [3.8, 4) is 5.75 Å². The Morgan fingerprint density at radius 2 is 1.94 bits per heavy atom. The van der Waals surface area contributed by atoms with Gasteiger partial charge in [-0.25, -0.2) is 4.98 Å². The number of amides is 1. The normalized spacial score (nSPS) is 19.7. The molecule has 1 amide bonds. The van der Waals surface area contributed by atoms with Crippen LogP contribution in [0.1, 0.15) is 28.9 Å². The summed E-state index contributed by atoms with van der Waals surface area (Å²) in [6, 6.07) is 13.5.